The summed E-state index contributed by atoms with van der Waals surface area (Å²) in [5.74, 6) is 10.3. The molecule has 8 N–H and O–H groups in total. The monoisotopic (exact) mass is 419 g/mol. The molecule has 0 bridgehead atoms. The lowest BCUT2D eigenvalue weighted by atomic mass is 10.1. The normalized spacial score (nSPS) is 10.7. The molecule has 0 heterocycles. The van der Waals surface area contributed by atoms with Crippen LogP contribution in [0.5, 0.6) is 0 Å². The zero-order chi connectivity index (χ0) is 22.5. The van der Waals surface area contributed by atoms with E-state index in [1.54, 1.807) is 24.3 Å². The van der Waals surface area contributed by atoms with Crippen molar-refractivity contribution in [2.75, 3.05) is 19.6 Å². The van der Waals surface area contributed by atoms with Gasteiger partial charge >= 0.3 is 0 Å². The van der Waals surface area contributed by atoms with E-state index in [4.69, 9.17) is 16.7 Å². The van der Waals surface area contributed by atoms with Gasteiger partial charge in [0, 0.05) is 42.9 Å². The van der Waals surface area contributed by atoms with Crippen LogP contribution in [0.1, 0.15) is 27.0 Å². The van der Waals surface area contributed by atoms with Crippen molar-refractivity contribution in [2.45, 2.75) is 12.6 Å². The highest BCUT2D eigenvalue weighted by molar-refractivity contribution is 5.97. The van der Waals surface area contributed by atoms with Crippen LogP contribution in [0.25, 0.3) is 0 Å². The Kier molecular flexibility index (Phi) is 9.76. The smallest absolute Gasteiger partial charge is 0.267 e. The van der Waals surface area contributed by atoms with Gasteiger partial charge in [-0.25, -0.2) is 5.48 Å². The van der Waals surface area contributed by atoms with Crippen LogP contribution in [0.15, 0.2) is 48.5 Å². The summed E-state index contributed by atoms with van der Waals surface area (Å²) in [6.45, 7) is 1.94. The van der Waals surface area contributed by atoms with Crippen molar-refractivity contribution in [3.05, 3.63) is 70.8 Å². The number of nitrogens with one attached hydrogen (secondary N) is 3. The molecule has 0 aliphatic heterocycles. The van der Waals surface area contributed by atoms with Crippen molar-refractivity contribution in [2.24, 2.45) is 11.5 Å². The lowest BCUT2D eigenvalue weighted by Crippen LogP contribution is -2.50. The summed E-state index contributed by atoms with van der Waals surface area (Å²) in [5, 5.41) is 14.3. The summed E-state index contributed by atoms with van der Waals surface area (Å²) in [5.41, 5.74) is 15.4. The van der Waals surface area contributed by atoms with Gasteiger partial charge in [0.05, 0.1) is 0 Å². The summed E-state index contributed by atoms with van der Waals surface area (Å²) >= 11 is 0. The van der Waals surface area contributed by atoms with Crippen LogP contribution < -0.4 is 27.6 Å². The molecule has 1 atom stereocenters. The van der Waals surface area contributed by atoms with E-state index in [2.05, 4.69) is 34.3 Å². The number of carbonyl (C=O) groups excluding carboxylic acids is 2. The lowest BCUT2D eigenvalue weighted by Gasteiger charge is -2.14. The molecule has 0 saturated heterocycles. The number of hydrogen-bond acceptors (Lipinski definition) is 6. The molecule has 0 radical (unpaired) electrons. The summed E-state index contributed by atoms with van der Waals surface area (Å²) in [4.78, 5) is 23.6. The second kappa shape index (κ2) is 12.8. The van der Waals surface area contributed by atoms with Crippen molar-refractivity contribution in [3.8, 4) is 23.7 Å². The maximum absolute atomic E-state index is 12.2. The standard InChI is InChI=1S/C23H25N5O3/c24-12-13-26-16-19-7-3-6-18(14-19)5-2-1-4-17-8-10-20(11-9-17)22(29)27-21(15-25)23(30)28-31/h3,6-11,14,21,26,31H,12-13,15-16,24-25H2,(H,27,29)(H,28,30)/t21-/m0/s1. The molecule has 8 heteroatoms. The van der Waals surface area contributed by atoms with Gasteiger partial charge in [-0.15, -0.1) is 0 Å². The molecular formula is C23H25N5O3. The minimum absolute atomic E-state index is 0.145. The van der Waals surface area contributed by atoms with Crippen LogP contribution in [0.3, 0.4) is 0 Å². The predicted octanol–water partition coefficient (Wildman–Crippen LogP) is -0.299. The van der Waals surface area contributed by atoms with Gasteiger partial charge in [0.1, 0.15) is 6.04 Å². The first kappa shape index (κ1) is 23.6. The van der Waals surface area contributed by atoms with Gasteiger partial charge in [0.15, 0.2) is 0 Å². The molecule has 0 aliphatic rings. The Bertz CT molecular complexity index is 1010. The van der Waals surface area contributed by atoms with Gasteiger partial charge in [-0.2, -0.15) is 0 Å². The molecule has 0 unspecified atom stereocenters. The van der Waals surface area contributed by atoms with E-state index in [1.165, 1.54) is 5.48 Å². The fourth-order valence-corrected chi connectivity index (χ4v) is 2.56. The van der Waals surface area contributed by atoms with E-state index in [-0.39, 0.29) is 6.54 Å². The first-order chi connectivity index (χ1) is 15.1. The number of amides is 2. The second-order valence-corrected chi connectivity index (χ2v) is 6.48. The van der Waals surface area contributed by atoms with Crippen molar-refractivity contribution in [1.29, 1.82) is 0 Å². The topological polar surface area (TPSA) is 142 Å². The van der Waals surface area contributed by atoms with Gasteiger partial charge in [-0.05, 0) is 53.8 Å². The van der Waals surface area contributed by atoms with Crippen molar-refractivity contribution in [3.63, 3.8) is 0 Å². The molecule has 31 heavy (non-hydrogen) atoms. The van der Waals surface area contributed by atoms with Crippen LogP contribution in [-0.2, 0) is 11.3 Å². The van der Waals surface area contributed by atoms with Crippen molar-refractivity contribution >= 4 is 11.8 Å². The number of benzene rings is 2. The fourth-order valence-electron chi connectivity index (χ4n) is 2.56. The highest BCUT2D eigenvalue weighted by atomic mass is 16.5. The number of nitrogens with two attached hydrogens (primary N) is 2. The van der Waals surface area contributed by atoms with E-state index in [1.807, 2.05) is 24.3 Å². The van der Waals surface area contributed by atoms with Crippen LogP contribution in [0, 0.1) is 23.7 Å². The van der Waals surface area contributed by atoms with E-state index in [0.29, 0.717) is 17.7 Å². The third-order valence-corrected chi connectivity index (χ3v) is 4.17. The number of rotatable bonds is 8. The van der Waals surface area contributed by atoms with E-state index in [0.717, 1.165) is 24.2 Å². The predicted molar refractivity (Wildman–Crippen MR) is 118 cm³/mol. The number of carbonyl (C=O) groups is 2. The van der Waals surface area contributed by atoms with Gasteiger partial charge in [-0.1, -0.05) is 24.0 Å². The molecular weight excluding hydrogens is 394 g/mol. The molecule has 160 valence electrons. The largest absolute Gasteiger partial charge is 0.339 e. The molecule has 2 rings (SSSR count). The molecule has 8 nitrogen and oxygen atoms in total. The molecule has 2 aromatic rings. The first-order valence-corrected chi connectivity index (χ1v) is 9.64. The van der Waals surface area contributed by atoms with Crippen molar-refractivity contribution < 1.29 is 14.8 Å². The van der Waals surface area contributed by atoms with E-state index >= 15 is 0 Å². The van der Waals surface area contributed by atoms with Gasteiger partial charge < -0.3 is 22.1 Å². The average Bonchev–Trinajstić information content (AvgIpc) is 2.80. The molecule has 0 aromatic heterocycles. The maximum Gasteiger partial charge on any atom is 0.267 e. The Balaban J connectivity index is 1.97. The third-order valence-electron chi connectivity index (χ3n) is 4.17. The molecule has 0 fully saturated rings. The van der Waals surface area contributed by atoms with Crippen LogP contribution in [0.2, 0.25) is 0 Å². The molecule has 0 aliphatic carbocycles. The summed E-state index contributed by atoms with van der Waals surface area (Å²) in [7, 11) is 0. The molecule has 2 aromatic carbocycles. The second-order valence-electron chi connectivity index (χ2n) is 6.48. The van der Waals surface area contributed by atoms with Gasteiger partial charge in [0.2, 0.25) is 0 Å². The van der Waals surface area contributed by atoms with Crippen LogP contribution in [0.4, 0.5) is 0 Å². The summed E-state index contributed by atoms with van der Waals surface area (Å²) < 4.78 is 0. The molecule has 0 saturated carbocycles. The van der Waals surface area contributed by atoms with Crippen molar-refractivity contribution in [1.82, 2.24) is 16.1 Å². The Hall–Kier alpha value is -3.66. The lowest BCUT2D eigenvalue weighted by molar-refractivity contribution is -0.130. The zero-order valence-electron chi connectivity index (χ0n) is 16.9. The number of hydroxylamine groups is 1. The average molecular weight is 419 g/mol. The number of hydrogen-bond donors (Lipinski definition) is 6. The quantitative estimate of drug-likeness (QED) is 0.150. The van der Waals surface area contributed by atoms with Gasteiger partial charge in [-0.3, -0.25) is 14.8 Å². The molecule has 2 amide bonds. The van der Waals surface area contributed by atoms with Crippen LogP contribution >= 0.6 is 0 Å². The zero-order valence-corrected chi connectivity index (χ0v) is 16.9. The summed E-state index contributed by atoms with van der Waals surface area (Å²) in [6, 6.07) is 13.4. The molecule has 0 spiro atoms. The minimum Gasteiger partial charge on any atom is -0.339 e. The van der Waals surface area contributed by atoms with E-state index in [9.17, 15) is 9.59 Å². The summed E-state index contributed by atoms with van der Waals surface area (Å²) in [6.07, 6.45) is 0. The SMILES string of the molecule is NCCNCc1cccc(C#CC#Cc2ccc(C(=O)N[C@@H](CN)C(=O)NO)cc2)c1. The Morgan fingerprint density at radius 1 is 1.00 bits per heavy atom. The Morgan fingerprint density at radius 2 is 1.71 bits per heavy atom. The fraction of sp³-hybridized carbons (Fsp3) is 0.217. The van der Waals surface area contributed by atoms with Crippen LogP contribution in [-0.4, -0.2) is 42.7 Å². The first-order valence-electron chi connectivity index (χ1n) is 9.64. The highest BCUT2D eigenvalue weighted by Crippen LogP contribution is 2.05. The third kappa shape index (κ3) is 7.94. The Labute approximate surface area is 181 Å². The van der Waals surface area contributed by atoms with Gasteiger partial charge in [0.25, 0.3) is 11.8 Å². The maximum atomic E-state index is 12.2. The van der Waals surface area contributed by atoms with E-state index < -0.39 is 17.9 Å². The minimum atomic E-state index is -1.03. The highest BCUT2D eigenvalue weighted by Gasteiger charge is 2.19. The Morgan fingerprint density at radius 3 is 2.35 bits per heavy atom.